The van der Waals surface area contributed by atoms with Crippen LogP contribution in [0.3, 0.4) is 0 Å². The molecule has 3 N–H and O–H groups in total. The van der Waals surface area contributed by atoms with Crippen molar-refractivity contribution in [2.75, 3.05) is 13.6 Å². The predicted octanol–water partition coefficient (Wildman–Crippen LogP) is 4.44. The van der Waals surface area contributed by atoms with Gasteiger partial charge in [0.2, 0.25) is 0 Å². The van der Waals surface area contributed by atoms with E-state index in [9.17, 15) is 18.0 Å². The van der Waals surface area contributed by atoms with E-state index in [0.717, 1.165) is 0 Å². The quantitative estimate of drug-likeness (QED) is 0.276. The molecular weight excluding hydrogens is 500 g/mol. The third-order valence-electron chi connectivity index (χ3n) is 4.75. The number of guanidine groups is 1. The van der Waals surface area contributed by atoms with E-state index in [1.165, 1.54) is 0 Å². The maximum atomic E-state index is 12.8. The van der Waals surface area contributed by atoms with Gasteiger partial charge in [0.05, 0.1) is 12.0 Å². The van der Waals surface area contributed by atoms with Crippen molar-refractivity contribution in [3.05, 3.63) is 0 Å². The molecule has 1 aliphatic rings. The first-order valence-corrected chi connectivity index (χ1v) is 9.85. The lowest BCUT2D eigenvalue weighted by atomic mass is 9.85. The van der Waals surface area contributed by atoms with Crippen LogP contribution in [0.25, 0.3) is 0 Å². The molecule has 1 amide bonds. The topological polar surface area (TPSA) is 74.8 Å². The predicted molar refractivity (Wildman–Crippen MR) is 120 cm³/mol. The normalized spacial score (nSPS) is 21.8. The molecule has 29 heavy (non-hydrogen) atoms. The second-order valence-electron chi connectivity index (χ2n) is 8.68. The minimum atomic E-state index is -4.11. The molecule has 1 unspecified atom stereocenters. The van der Waals surface area contributed by atoms with Gasteiger partial charge >= 0.3 is 12.3 Å². The number of aliphatic imine (C=N–C) groups is 1. The highest BCUT2D eigenvalue weighted by Crippen LogP contribution is 2.37. The minimum Gasteiger partial charge on any atom is -0.444 e. The Hall–Kier alpha value is -0.940. The average molecular weight is 536 g/mol. The van der Waals surface area contributed by atoms with Crippen LogP contribution in [-0.4, -0.2) is 49.5 Å². The molecule has 0 saturated heterocycles. The number of ether oxygens (including phenoxy) is 1. The van der Waals surface area contributed by atoms with Crippen molar-refractivity contribution in [2.45, 2.75) is 84.2 Å². The fourth-order valence-electron chi connectivity index (χ4n) is 3.07. The number of alkyl halides is 3. The Morgan fingerprint density at radius 3 is 2.10 bits per heavy atom. The van der Waals surface area contributed by atoms with E-state index in [-0.39, 0.29) is 54.8 Å². The van der Waals surface area contributed by atoms with E-state index in [0.29, 0.717) is 25.3 Å². The Kier molecular flexibility index (Phi) is 11.7. The van der Waals surface area contributed by atoms with Gasteiger partial charge in [0.1, 0.15) is 5.60 Å². The second kappa shape index (κ2) is 12.0. The van der Waals surface area contributed by atoms with Crippen LogP contribution in [0.5, 0.6) is 0 Å². The van der Waals surface area contributed by atoms with Crippen molar-refractivity contribution in [3.8, 4) is 0 Å². The number of rotatable bonds is 5. The van der Waals surface area contributed by atoms with Gasteiger partial charge < -0.3 is 20.7 Å². The average Bonchev–Trinajstić information content (AvgIpc) is 2.55. The van der Waals surface area contributed by atoms with E-state index in [1.54, 1.807) is 27.8 Å². The van der Waals surface area contributed by atoms with Gasteiger partial charge in [0.15, 0.2) is 5.96 Å². The van der Waals surface area contributed by atoms with Crippen LogP contribution in [0.2, 0.25) is 0 Å². The van der Waals surface area contributed by atoms with Crippen LogP contribution >= 0.6 is 24.0 Å². The molecule has 0 aromatic carbocycles. The molecule has 0 aromatic heterocycles. The molecule has 0 aromatic rings. The summed E-state index contributed by atoms with van der Waals surface area (Å²) in [7, 11) is 1.61. The molecule has 1 atom stereocenters. The van der Waals surface area contributed by atoms with Crippen LogP contribution in [0.1, 0.15) is 60.3 Å². The molecule has 10 heteroatoms. The number of amides is 1. The summed E-state index contributed by atoms with van der Waals surface area (Å²) in [5.41, 5.74) is -0.577. The number of hydrogen-bond donors (Lipinski definition) is 3. The number of alkyl carbamates (subject to hydrolysis) is 1. The summed E-state index contributed by atoms with van der Waals surface area (Å²) in [5, 5.41) is 9.19. The number of nitrogens with one attached hydrogen (secondary N) is 3. The number of halogens is 4. The molecular formula is C19H36F3IN4O2. The SMILES string of the molecule is CN=C(NCC(NC(=O)OC(C)(C)C)C(C)C)NC1CCC(C(F)(F)F)CC1.I. The van der Waals surface area contributed by atoms with Gasteiger partial charge in [0.25, 0.3) is 0 Å². The number of carbonyl (C=O) groups is 1. The van der Waals surface area contributed by atoms with Crippen molar-refractivity contribution in [3.63, 3.8) is 0 Å². The van der Waals surface area contributed by atoms with Gasteiger partial charge in [-0.05, 0) is 52.4 Å². The second-order valence-corrected chi connectivity index (χ2v) is 8.68. The first-order chi connectivity index (χ1) is 12.8. The maximum absolute atomic E-state index is 12.8. The van der Waals surface area contributed by atoms with Crippen molar-refractivity contribution < 1.29 is 22.7 Å². The van der Waals surface area contributed by atoms with Gasteiger partial charge in [0, 0.05) is 19.6 Å². The van der Waals surface area contributed by atoms with Gasteiger partial charge in [-0.15, -0.1) is 24.0 Å². The van der Waals surface area contributed by atoms with Gasteiger partial charge in [-0.25, -0.2) is 4.79 Å². The summed E-state index contributed by atoms with van der Waals surface area (Å²) in [6.45, 7) is 9.79. The lowest BCUT2D eigenvalue weighted by Crippen LogP contribution is -2.52. The summed E-state index contributed by atoms with van der Waals surface area (Å²) in [5.74, 6) is -0.531. The molecule has 1 aliphatic carbocycles. The number of hydrogen-bond acceptors (Lipinski definition) is 3. The summed E-state index contributed by atoms with van der Waals surface area (Å²) >= 11 is 0. The highest BCUT2D eigenvalue weighted by molar-refractivity contribution is 14.0. The van der Waals surface area contributed by atoms with E-state index < -0.39 is 23.8 Å². The Bertz CT molecular complexity index is 529. The largest absolute Gasteiger partial charge is 0.444 e. The summed E-state index contributed by atoms with van der Waals surface area (Å²) in [6.07, 6.45) is -3.42. The Morgan fingerprint density at radius 2 is 1.69 bits per heavy atom. The lowest BCUT2D eigenvalue weighted by Gasteiger charge is -2.31. The Labute approximate surface area is 189 Å². The molecule has 172 valence electrons. The standard InChI is InChI=1S/C19H35F3N4O2.HI/c1-12(2)15(26-17(27)28-18(3,4)5)11-24-16(23-6)25-14-9-7-13(8-10-14)19(20,21)22;/h12-15H,7-11H2,1-6H3,(H,26,27)(H2,23,24,25);1H. The molecule has 1 fully saturated rings. The number of carbonyl (C=O) groups excluding carboxylic acids is 1. The van der Waals surface area contributed by atoms with Crippen LogP contribution in [0.4, 0.5) is 18.0 Å². The van der Waals surface area contributed by atoms with Crippen molar-refractivity contribution >= 4 is 36.0 Å². The van der Waals surface area contributed by atoms with E-state index in [1.807, 2.05) is 13.8 Å². The molecule has 0 heterocycles. The fourth-order valence-corrected chi connectivity index (χ4v) is 3.07. The van der Waals surface area contributed by atoms with Gasteiger partial charge in [-0.2, -0.15) is 13.2 Å². The lowest BCUT2D eigenvalue weighted by molar-refractivity contribution is -0.182. The smallest absolute Gasteiger partial charge is 0.407 e. The van der Waals surface area contributed by atoms with Crippen LogP contribution in [0.15, 0.2) is 4.99 Å². The summed E-state index contributed by atoms with van der Waals surface area (Å²) in [6, 6.07) is -0.226. The molecule has 0 radical (unpaired) electrons. The van der Waals surface area contributed by atoms with E-state index in [4.69, 9.17) is 4.74 Å². The third-order valence-corrected chi connectivity index (χ3v) is 4.75. The highest BCUT2D eigenvalue weighted by Gasteiger charge is 2.41. The zero-order valence-corrected chi connectivity index (χ0v) is 20.5. The van der Waals surface area contributed by atoms with Crippen molar-refractivity contribution in [2.24, 2.45) is 16.8 Å². The molecule has 1 rings (SSSR count). The van der Waals surface area contributed by atoms with E-state index >= 15 is 0 Å². The Morgan fingerprint density at radius 1 is 1.14 bits per heavy atom. The monoisotopic (exact) mass is 536 g/mol. The first kappa shape index (κ1) is 28.1. The van der Waals surface area contributed by atoms with Crippen molar-refractivity contribution in [1.29, 1.82) is 0 Å². The van der Waals surface area contributed by atoms with Crippen LogP contribution in [0, 0.1) is 11.8 Å². The first-order valence-electron chi connectivity index (χ1n) is 9.85. The molecule has 6 nitrogen and oxygen atoms in total. The van der Waals surface area contributed by atoms with E-state index in [2.05, 4.69) is 20.9 Å². The Balaban J connectivity index is 0.00000784. The molecule has 0 bridgehead atoms. The molecule has 1 saturated carbocycles. The maximum Gasteiger partial charge on any atom is 0.407 e. The fraction of sp³-hybridized carbons (Fsp3) is 0.895. The summed E-state index contributed by atoms with van der Waals surface area (Å²) < 4.78 is 43.7. The highest BCUT2D eigenvalue weighted by atomic mass is 127. The van der Waals surface area contributed by atoms with Crippen molar-refractivity contribution in [1.82, 2.24) is 16.0 Å². The van der Waals surface area contributed by atoms with Crippen LogP contribution < -0.4 is 16.0 Å². The van der Waals surface area contributed by atoms with Gasteiger partial charge in [-0.3, -0.25) is 4.99 Å². The minimum absolute atomic E-state index is 0. The zero-order chi connectivity index (χ0) is 21.5. The molecule has 0 spiro atoms. The van der Waals surface area contributed by atoms with Crippen LogP contribution in [-0.2, 0) is 4.74 Å². The van der Waals surface area contributed by atoms with Gasteiger partial charge in [-0.1, -0.05) is 13.8 Å². The zero-order valence-electron chi connectivity index (χ0n) is 18.2. The summed E-state index contributed by atoms with van der Waals surface area (Å²) in [4.78, 5) is 16.2. The molecule has 0 aliphatic heterocycles. The third kappa shape index (κ3) is 11.1. The number of nitrogens with zero attached hydrogens (tertiary/aromatic N) is 1.